The van der Waals surface area contributed by atoms with Gasteiger partial charge in [-0.05, 0) is 29.6 Å². The number of thiophene rings is 1. The van der Waals surface area contributed by atoms with Crippen LogP contribution in [0.2, 0.25) is 5.02 Å². The number of nitrogens with one attached hydrogen (secondary N) is 1. The molecule has 0 radical (unpaired) electrons. The highest BCUT2D eigenvalue weighted by atomic mass is 35.5. The van der Waals surface area contributed by atoms with Gasteiger partial charge in [-0.2, -0.15) is 5.10 Å². The normalized spacial score (nSPS) is 10.8. The van der Waals surface area contributed by atoms with Gasteiger partial charge in [0, 0.05) is 17.1 Å². The van der Waals surface area contributed by atoms with Gasteiger partial charge in [0.15, 0.2) is 0 Å². The Morgan fingerprint density at radius 2 is 1.93 bits per heavy atom. The first-order chi connectivity index (χ1) is 14.4. The number of nitro benzene ring substituents is 1. The van der Waals surface area contributed by atoms with Gasteiger partial charge >= 0.3 is 0 Å². The number of fused-ring (bicyclic) bond motifs is 1. The fourth-order valence-electron chi connectivity index (χ4n) is 3.00. The average Bonchev–Trinajstić information content (AvgIpc) is 3.26. The number of hydrogen-bond donors (Lipinski definition) is 1. The van der Waals surface area contributed by atoms with Crippen LogP contribution in [0.15, 0.2) is 64.8 Å². The van der Waals surface area contributed by atoms with Crippen LogP contribution in [0.25, 0.3) is 21.3 Å². The van der Waals surface area contributed by atoms with Crippen LogP contribution >= 0.6 is 22.9 Å². The molecule has 0 saturated heterocycles. The van der Waals surface area contributed by atoms with Crippen LogP contribution in [0.5, 0.6) is 0 Å². The van der Waals surface area contributed by atoms with E-state index in [1.165, 1.54) is 23.5 Å². The molecular formula is C20H13ClN4O4S. The number of carbonyl (C=O) groups excluding carboxylic acids is 1. The third-order valence-corrected chi connectivity index (χ3v) is 5.54. The summed E-state index contributed by atoms with van der Waals surface area (Å²) in [6.45, 7) is -0.349. The molecule has 0 spiro atoms. The molecule has 0 saturated carbocycles. The zero-order valence-corrected chi connectivity index (χ0v) is 16.8. The van der Waals surface area contributed by atoms with E-state index in [4.69, 9.17) is 11.6 Å². The Morgan fingerprint density at radius 1 is 1.17 bits per heavy atom. The second kappa shape index (κ2) is 8.05. The first-order valence-electron chi connectivity index (χ1n) is 8.71. The third kappa shape index (κ3) is 3.80. The van der Waals surface area contributed by atoms with Gasteiger partial charge in [0.25, 0.3) is 11.2 Å². The lowest BCUT2D eigenvalue weighted by atomic mass is 10.1. The van der Waals surface area contributed by atoms with Gasteiger partial charge in [0.2, 0.25) is 5.91 Å². The van der Waals surface area contributed by atoms with Crippen LogP contribution in [-0.2, 0) is 11.3 Å². The van der Waals surface area contributed by atoms with Gasteiger partial charge in [0.1, 0.15) is 17.3 Å². The van der Waals surface area contributed by atoms with Crippen molar-refractivity contribution in [2.24, 2.45) is 0 Å². The Labute approximate surface area is 178 Å². The smallest absolute Gasteiger partial charge is 0.289 e. The number of hydrogen-bond acceptors (Lipinski definition) is 6. The van der Waals surface area contributed by atoms with Crippen LogP contribution in [-0.4, -0.2) is 20.6 Å². The molecule has 4 rings (SSSR count). The quantitative estimate of drug-likeness (QED) is 0.367. The van der Waals surface area contributed by atoms with E-state index in [1.807, 2.05) is 29.6 Å². The monoisotopic (exact) mass is 440 g/mol. The number of nitro groups is 1. The predicted molar refractivity (Wildman–Crippen MR) is 116 cm³/mol. The zero-order chi connectivity index (χ0) is 21.3. The van der Waals surface area contributed by atoms with Gasteiger partial charge < -0.3 is 5.32 Å². The lowest BCUT2D eigenvalue weighted by Crippen LogP contribution is -2.30. The van der Waals surface area contributed by atoms with Crippen molar-refractivity contribution in [1.29, 1.82) is 0 Å². The lowest BCUT2D eigenvalue weighted by molar-refractivity contribution is -0.384. The Morgan fingerprint density at radius 3 is 2.63 bits per heavy atom. The molecule has 0 bridgehead atoms. The van der Waals surface area contributed by atoms with Crippen LogP contribution in [0.4, 0.5) is 11.4 Å². The summed E-state index contributed by atoms with van der Waals surface area (Å²) in [6, 6.07) is 14.8. The van der Waals surface area contributed by atoms with Crippen molar-refractivity contribution in [3.05, 3.63) is 85.5 Å². The summed E-state index contributed by atoms with van der Waals surface area (Å²) >= 11 is 7.27. The van der Waals surface area contributed by atoms with Gasteiger partial charge in [-0.3, -0.25) is 19.7 Å². The average molecular weight is 441 g/mol. The molecule has 150 valence electrons. The maximum Gasteiger partial charge on any atom is 0.289 e. The van der Waals surface area contributed by atoms with Crippen molar-refractivity contribution < 1.29 is 9.72 Å². The number of nitrogens with zero attached hydrogens (tertiary/aromatic N) is 3. The summed E-state index contributed by atoms with van der Waals surface area (Å²) in [4.78, 5) is 36.6. The van der Waals surface area contributed by atoms with E-state index in [2.05, 4.69) is 10.4 Å². The maximum absolute atomic E-state index is 12.8. The summed E-state index contributed by atoms with van der Waals surface area (Å²) in [5.41, 5.74) is 0.0807. The van der Waals surface area contributed by atoms with Gasteiger partial charge in [-0.25, -0.2) is 4.68 Å². The molecule has 8 nitrogen and oxygen atoms in total. The lowest BCUT2D eigenvalue weighted by Gasteiger charge is -2.11. The largest absolute Gasteiger partial charge is 0.324 e. The molecule has 1 amide bonds. The molecule has 0 aliphatic carbocycles. The first kappa shape index (κ1) is 19.7. The standard InChI is InChI=1S/C20H13ClN4O4S/c21-15-8-7-12(10-16(15)25(28)29)22-18(26)11-24-20(27)14-5-2-1-4-13(14)19(23-24)17-6-3-9-30-17/h1-10H,11H2,(H,22,26). The Bertz CT molecular complexity index is 1330. The van der Waals surface area contributed by atoms with Gasteiger partial charge in [-0.1, -0.05) is 35.9 Å². The maximum atomic E-state index is 12.8. The van der Waals surface area contributed by atoms with E-state index in [0.717, 1.165) is 15.6 Å². The second-order valence-corrected chi connectivity index (χ2v) is 7.66. The van der Waals surface area contributed by atoms with E-state index < -0.39 is 16.4 Å². The Balaban J connectivity index is 1.68. The number of aromatic nitrogens is 2. The van der Waals surface area contributed by atoms with Crippen LogP contribution in [0.3, 0.4) is 0 Å². The van der Waals surface area contributed by atoms with E-state index in [1.54, 1.807) is 12.1 Å². The molecule has 0 unspecified atom stereocenters. The highest BCUT2D eigenvalue weighted by molar-refractivity contribution is 7.13. The van der Waals surface area contributed by atoms with Crippen molar-refractivity contribution in [2.45, 2.75) is 6.54 Å². The molecule has 2 aromatic carbocycles. The van der Waals surface area contributed by atoms with Crippen molar-refractivity contribution >= 4 is 51.0 Å². The molecular weight excluding hydrogens is 428 g/mol. The van der Waals surface area contributed by atoms with E-state index in [0.29, 0.717) is 16.5 Å². The minimum atomic E-state index is -0.638. The zero-order valence-electron chi connectivity index (χ0n) is 15.2. The molecule has 4 aromatic rings. The number of carbonyl (C=O) groups is 1. The highest BCUT2D eigenvalue weighted by Crippen LogP contribution is 2.29. The molecule has 2 aromatic heterocycles. The van der Waals surface area contributed by atoms with Crippen LogP contribution in [0.1, 0.15) is 0 Å². The summed E-state index contributed by atoms with van der Waals surface area (Å²) < 4.78 is 1.09. The fraction of sp³-hybridized carbons (Fsp3) is 0.0500. The van der Waals surface area contributed by atoms with Crippen LogP contribution in [0, 0.1) is 10.1 Å². The predicted octanol–water partition coefficient (Wildman–Crippen LogP) is 4.33. The minimum absolute atomic E-state index is 0.0361. The molecule has 1 N–H and O–H groups in total. The Kier molecular flexibility index (Phi) is 5.30. The number of benzene rings is 2. The molecule has 0 atom stereocenters. The summed E-state index contributed by atoms with van der Waals surface area (Å²) in [5, 5.41) is 21.0. The first-order valence-corrected chi connectivity index (χ1v) is 9.97. The summed E-state index contributed by atoms with van der Waals surface area (Å²) in [5.74, 6) is -0.548. The van der Waals surface area contributed by atoms with Crippen molar-refractivity contribution in [3.8, 4) is 10.6 Å². The number of amides is 1. The fourth-order valence-corrected chi connectivity index (χ4v) is 3.91. The molecule has 2 heterocycles. The number of anilines is 1. The van der Waals surface area contributed by atoms with Gasteiger partial charge in [0.05, 0.1) is 15.2 Å². The van der Waals surface area contributed by atoms with Crippen LogP contribution < -0.4 is 10.9 Å². The third-order valence-electron chi connectivity index (χ3n) is 4.34. The van der Waals surface area contributed by atoms with Crippen molar-refractivity contribution in [2.75, 3.05) is 5.32 Å². The summed E-state index contributed by atoms with van der Waals surface area (Å²) in [7, 11) is 0. The molecule has 10 heteroatoms. The molecule has 0 aliphatic heterocycles. The molecule has 30 heavy (non-hydrogen) atoms. The van der Waals surface area contributed by atoms with E-state index in [9.17, 15) is 19.7 Å². The molecule has 0 aliphatic rings. The van der Waals surface area contributed by atoms with Crippen molar-refractivity contribution in [1.82, 2.24) is 9.78 Å². The number of halogens is 1. The van der Waals surface area contributed by atoms with E-state index in [-0.39, 0.29) is 22.9 Å². The highest BCUT2D eigenvalue weighted by Gasteiger charge is 2.17. The van der Waals surface area contributed by atoms with Gasteiger partial charge in [-0.15, -0.1) is 11.3 Å². The molecule has 0 fully saturated rings. The topological polar surface area (TPSA) is 107 Å². The SMILES string of the molecule is O=C(Cn1nc(-c2cccs2)c2ccccc2c1=O)Nc1ccc(Cl)c([N+](=O)[O-])c1. The Hall–Kier alpha value is -3.56. The number of rotatable bonds is 5. The second-order valence-electron chi connectivity index (χ2n) is 6.31. The minimum Gasteiger partial charge on any atom is -0.324 e. The van der Waals surface area contributed by atoms with E-state index >= 15 is 0 Å². The van der Waals surface area contributed by atoms with Crippen molar-refractivity contribution in [3.63, 3.8) is 0 Å². The summed E-state index contributed by atoms with van der Waals surface area (Å²) in [6.07, 6.45) is 0.